The van der Waals surface area contributed by atoms with Crippen LogP contribution in [0, 0.1) is 0 Å². The molecule has 124 valence electrons. The van der Waals surface area contributed by atoms with Crippen molar-refractivity contribution in [1.82, 2.24) is 5.32 Å². The van der Waals surface area contributed by atoms with E-state index in [9.17, 15) is 15.0 Å². The highest BCUT2D eigenvalue weighted by Crippen LogP contribution is 2.22. The average molecular weight is 328 g/mol. The molecule has 0 aromatic rings. The molecule has 9 heteroatoms. The maximum atomic E-state index is 11.2. The summed E-state index contributed by atoms with van der Waals surface area (Å²) in [6, 6.07) is -0.937. The Morgan fingerprint density at radius 1 is 1.29 bits per heavy atom. The van der Waals surface area contributed by atoms with Crippen molar-refractivity contribution in [3.05, 3.63) is 0 Å². The highest BCUT2D eigenvalue weighted by molar-refractivity contribution is 6.17. The van der Waals surface area contributed by atoms with Crippen LogP contribution in [0.3, 0.4) is 0 Å². The van der Waals surface area contributed by atoms with E-state index in [1.165, 1.54) is 6.92 Å². The number of halogens is 1. The van der Waals surface area contributed by atoms with Crippen LogP contribution in [0.4, 0.5) is 0 Å². The third-order valence-corrected chi connectivity index (χ3v) is 3.14. The highest BCUT2D eigenvalue weighted by Gasteiger charge is 2.45. The molecule has 0 aromatic carbocycles. The Morgan fingerprint density at radius 3 is 2.57 bits per heavy atom. The van der Waals surface area contributed by atoms with Gasteiger partial charge in [-0.25, -0.2) is 0 Å². The number of alkyl halides is 1. The first-order chi connectivity index (χ1) is 10.0. The summed E-state index contributed by atoms with van der Waals surface area (Å²) < 4.78 is 15.9. The smallest absolute Gasteiger partial charge is 0.217 e. The van der Waals surface area contributed by atoms with Gasteiger partial charge in [0, 0.05) is 12.8 Å². The fourth-order valence-electron chi connectivity index (χ4n) is 1.99. The summed E-state index contributed by atoms with van der Waals surface area (Å²) in [5, 5.41) is 31.4. The fraction of sp³-hybridized carbons (Fsp3) is 0.917. The standard InChI is InChI=1S/C12H22ClNO7/c1-7(16)14-9-11(18)10(17)8(6-15)21-12(9)20-5-4-19-3-2-13/h8-12,15,17-18H,2-6H2,1H3,(H,14,16)/t8-,9-,10+,11-,12+/m1/s1. The molecule has 1 fully saturated rings. The van der Waals surface area contributed by atoms with Crippen molar-refractivity contribution >= 4 is 17.5 Å². The van der Waals surface area contributed by atoms with Crippen molar-refractivity contribution in [2.75, 3.05) is 32.3 Å². The van der Waals surface area contributed by atoms with Crippen LogP contribution in [0.5, 0.6) is 0 Å². The zero-order chi connectivity index (χ0) is 15.8. The van der Waals surface area contributed by atoms with E-state index in [0.29, 0.717) is 12.5 Å². The van der Waals surface area contributed by atoms with Gasteiger partial charge in [0.05, 0.1) is 26.4 Å². The molecule has 0 unspecified atom stereocenters. The van der Waals surface area contributed by atoms with Crippen LogP contribution in [0.15, 0.2) is 0 Å². The first-order valence-electron chi connectivity index (χ1n) is 6.66. The van der Waals surface area contributed by atoms with Crippen LogP contribution in [0.25, 0.3) is 0 Å². The molecule has 8 nitrogen and oxygen atoms in total. The van der Waals surface area contributed by atoms with Gasteiger partial charge in [0.25, 0.3) is 0 Å². The second-order valence-electron chi connectivity index (χ2n) is 4.61. The number of amides is 1. The molecule has 1 aliphatic rings. The molecular weight excluding hydrogens is 306 g/mol. The van der Waals surface area contributed by atoms with Gasteiger partial charge in [-0.1, -0.05) is 0 Å². The van der Waals surface area contributed by atoms with E-state index in [1.54, 1.807) is 0 Å². The minimum atomic E-state index is -1.32. The number of aliphatic hydroxyl groups excluding tert-OH is 3. The summed E-state index contributed by atoms with van der Waals surface area (Å²) in [6.07, 6.45) is -4.62. The lowest BCUT2D eigenvalue weighted by Crippen LogP contribution is -2.64. The molecule has 1 heterocycles. The minimum absolute atomic E-state index is 0.151. The summed E-state index contributed by atoms with van der Waals surface area (Å²) in [4.78, 5) is 11.2. The summed E-state index contributed by atoms with van der Waals surface area (Å²) >= 11 is 5.46. The molecule has 1 aliphatic heterocycles. The van der Waals surface area contributed by atoms with E-state index in [1.807, 2.05) is 0 Å². The lowest BCUT2D eigenvalue weighted by molar-refractivity contribution is -0.271. The van der Waals surface area contributed by atoms with Crippen LogP contribution in [0.2, 0.25) is 0 Å². The highest BCUT2D eigenvalue weighted by atomic mass is 35.5. The fourth-order valence-corrected chi connectivity index (χ4v) is 2.10. The van der Waals surface area contributed by atoms with Gasteiger partial charge in [-0.15, -0.1) is 11.6 Å². The summed E-state index contributed by atoms with van der Waals surface area (Å²) in [5.41, 5.74) is 0. The second kappa shape index (κ2) is 9.52. The molecule has 1 rings (SSSR count). The van der Waals surface area contributed by atoms with Crippen LogP contribution >= 0.6 is 11.6 Å². The monoisotopic (exact) mass is 327 g/mol. The molecule has 0 spiro atoms. The molecule has 0 aliphatic carbocycles. The van der Waals surface area contributed by atoms with Gasteiger partial charge in [-0.05, 0) is 0 Å². The van der Waals surface area contributed by atoms with Gasteiger partial charge in [-0.3, -0.25) is 4.79 Å². The van der Waals surface area contributed by atoms with Gasteiger partial charge >= 0.3 is 0 Å². The predicted molar refractivity (Wildman–Crippen MR) is 72.9 cm³/mol. The number of rotatable bonds is 8. The molecule has 0 radical (unpaired) electrons. The number of hydrogen-bond acceptors (Lipinski definition) is 7. The van der Waals surface area contributed by atoms with Gasteiger partial charge in [0.15, 0.2) is 6.29 Å². The molecule has 0 saturated carbocycles. The summed E-state index contributed by atoms with van der Waals surface area (Å²) in [6.45, 7) is 1.60. The number of ether oxygens (including phenoxy) is 3. The Kier molecular flexibility index (Phi) is 8.42. The van der Waals surface area contributed by atoms with Gasteiger partial charge in [-0.2, -0.15) is 0 Å². The second-order valence-corrected chi connectivity index (χ2v) is 4.98. The third kappa shape index (κ3) is 5.67. The maximum Gasteiger partial charge on any atom is 0.217 e. The Balaban J connectivity index is 2.58. The molecule has 0 bridgehead atoms. The molecule has 4 N–H and O–H groups in total. The van der Waals surface area contributed by atoms with E-state index in [2.05, 4.69) is 5.32 Å². The van der Waals surface area contributed by atoms with Crippen LogP contribution in [-0.4, -0.2) is 84.2 Å². The number of carbonyl (C=O) groups is 1. The molecular formula is C12H22ClNO7. The average Bonchev–Trinajstić information content (AvgIpc) is 2.45. The van der Waals surface area contributed by atoms with Crippen LogP contribution in [-0.2, 0) is 19.0 Å². The van der Waals surface area contributed by atoms with Gasteiger partial charge in [0.1, 0.15) is 24.4 Å². The minimum Gasteiger partial charge on any atom is -0.394 e. The first-order valence-corrected chi connectivity index (χ1v) is 7.19. The van der Waals surface area contributed by atoms with Crippen LogP contribution < -0.4 is 5.32 Å². The summed E-state index contributed by atoms with van der Waals surface area (Å²) in [7, 11) is 0. The van der Waals surface area contributed by atoms with Crippen molar-refractivity contribution < 1.29 is 34.3 Å². The SMILES string of the molecule is CC(=O)N[C@H]1[C@@H](OCCOCCCl)O[C@H](CO)[C@H](O)[C@@H]1O. The quantitative estimate of drug-likeness (QED) is 0.307. The largest absolute Gasteiger partial charge is 0.394 e. The number of carbonyl (C=O) groups excluding carboxylic acids is 1. The first kappa shape index (κ1) is 18.6. The van der Waals surface area contributed by atoms with Crippen molar-refractivity contribution in [2.45, 2.75) is 37.6 Å². The van der Waals surface area contributed by atoms with Gasteiger partial charge < -0.3 is 34.8 Å². The Bertz CT molecular complexity index is 320. The van der Waals surface area contributed by atoms with E-state index < -0.39 is 43.2 Å². The Labute approximate surface area is 127 Å². The van der Waals surface area contributed by atoms with Gasteiger partial charge in [0.2, 0.25) is 5.91 Å². The van der Waals surface area contributed by atoms with E-state index in [0.717, 1.165) is 0 Å². The van der Waals surface area contributed by atoms with E-state index in [-0.39, 0.29) is 13.2 Å². The topological polar surface area (TPSA) is 117 Å². The van der Waals surface area contributed by atoms with E-state index in [4.69, 9.17) is 30.9 Å². The van der Waals surface area contributed by atoms with E-state index >= 15 is 0 Å². The molecule has 5 atom stereocenters. The van der Waals surface area contributed by atoms with Crippen LogP contribution in [0.1, 0.15) is 6.92 Å². The maximum absolute atomic E-state index is 11.2. The lowest BCUT2D eigenvalue weighted by Gasteiger charge is -2.42. The molecule has 1 saturated heterocycles. The number of nitrogens with one attached hydrogen (secondary N) is 1. The van der Waals surface area contributed by atoms with Crippen molar-refractivity contribution in [3.63, 3.8) is 0 Å². The normalized spacial score (nSPS) is 32.9. The number of aliphatic hydroxyl groups is 3. The predicted octanol–water partition coefficient (Wildman–Crippen LogP) is -1.80. The molecule has 1 amide bonds. The Hall–Kier alpha value is -0.480. The van der Waals surface area contributed by atoms with Crippen molar-refractivity contribution in [1.29, 1.82) is 0 Å². The Morgan fingerprint density at radius 2 is 2.00 bits per heavy atom. The number of hydrogen-bond donors (Lipinski definition) is 4. The zero-order valence-electron chi connectivity index (χ0n) is 11.8. The molecule has 21 heavy (non-hydrogen) atoms. The zero-order valence-corrected chi connectivity index (χ0v) is 12.5. The summed E-state index contributed by atoms with van der Waals surface area (Å²) in [5.74, 6) is -0.0318. The lowest BCUT2D eigenvalue weighted by atomic mass is 9.97. The molecule has 0 aromatic heterocycles. The third-order valence-electron chi connectivity index (χ3n) is 2.98. The van der Waals surface area contributed by atoms with Crippen molar-refractivity contribution in [2.24, 2.45) is 0 Å². The van der Waals surface area contributed by atoms with Crippen molar-refractivity contribution in [3.8, 4) is 0 Å².